The summed E-state index contributed by atoms with van der Waals surface area (Å²) in [6, 6.07) is 4.44. The highest BCUT2D eigenvalue weighted by molar-refractivity contribution is 6.31. The van der Waals surface area contributed by atoms with Crippen molar-refractivity contribution >= 4 is 23.5 Å². The van der Waals surface area contributed by atoms with Gasteiger partial charge in [0.25, 0.3) is 0 Å². The zero-order valence-corrected chi connectivity index (χ0v) is 40.9. The number of Topliss-reactive ketones (excluding diaryl/α,β-unsaturated/α-hetero) is 1. The van der Waals surface area contributed by atoms with Gasteiger partial charge in [-0.25, -0.2) is 4.79 Å². The Morgan fingerprint density at radius 1 is 0.912 bits per heavy atom. The first-order valence-electron chi connectivity index (χ1n) is 25.4. The Kier molecular flexibility index (Phi) is 13.2. The van der Waals surface area contributed by atoms with Crippen LogP contribution in [0.1, 0.15) is 181 Å². The van der Waals surface area contributed by atoms with E-state index in [2.05, 4.69) is 40.7 Å². The Morgan fingerprint density at radius 3 is 2.41 bits per heavy atom. The molecule has 6 aliphatic carbocycles. The van der Waals surface area contributed by atoms with E-state index in [0.717, 1.165) is 36.5 Å². The number of carbonyl (C=O) groups is 4. The molecule has 7 aliphatic rings. The molecule has 2 aromatic carbocycles. The number of hydrogen-bond acceptors (Lipinski definition) is 13. The first-order chi connectivity index (χ1) is 32.3. The number of allylic oxidation sites excluding steroid dienone is 1. The summed E-state index contributed by atoms with van der Waals surface area (Å²) in [5, 5.41) is 46.3. The number of hydrogen-bond donors (Lipinski definition) is 4. The van der Waals surface area contributed by atoms with E-state index in [1.54, 1.807) is 6.92 Å². The minimum absolute atomic E-state index is 0.0397. The quantitative estimate of drug-likeness (QED) is 0.0762. The summed E-state index contributed by atoms with van der Waals surface area (Å²) in [6.45, 7) is 13.0. The fourth-order valence-electron chi connectivity index (χ4n) is 14.7. The lowest BCUT2D eigenvalue weighted by Gasteiger charge is -2.58. The number of methoxy groups -OCH3 is 1. The van der Waals surface area contributed by atoms with Crippen LogP contribution in [0.5, 0.6) is 17.2 Å². The highest BCUT2D eigenvalue weighted by atomic mass is 16.7. The summed E-state index contributed by atoms with van der Waals surface area (Å²) in [7, 11) is 1.34. The summed E-state index contributed by atoms with van der Waals surface area (Å²) in [6.07, 6.45) is 9.01. The number of aliphatic hydroxyl groups excluding tert-OH is 1. The molecule has 8 unspecified atom stereocenters. The fraction of sp³-hybridized carbons (Fsp3) is 0.673. The SMILES string of the molecule is COc1cccc2c1C(=O)c1c(O)c3c(c(O)c1C2=O)C[C@](O)(C(=O)COC(=O)OC1CCC2(C)C(=CCC4C2CCC2(C)C(C(C)CCCC(C)C)CCC42)C1)C[C@H]3O[C@@H]1CC[C@@H](O)[C@@H](C)O1. The Morgan fingerprint density at radius 2 is 1.68 bits per heavy atom. The molecule has 370 valence electrons. The second-order valence-corrected chi connectivity index (χ2v) is 22.6. The third-order valence-electron chi connectivity index (χ3n) is 18.4. The molecule has 2 aromatic rings. The van der Waals surface area contributed by atoms with E-state index in [9.17, 15) is 39.6 Å². The summed E-state index contributed by atoms with van der Waals surface area (Å²) in [4.78, 5) is 55.5. The predicted octanol–water partition coefficient (Wildman–Crippen LogP) is 9.63. The van der Waals surface area contributed by atoms with Crippen LogP contribution in [0.2, 0.25) is 0 Å². The van der Waals surface area contributed by atoms with Crippen molar-refractivity contribution in [3.8, 4) is 17.2 Å². The molecule has 0 bridgehead atoms. The van der Waals surface area contributed by atoms with E-state index in [0.29, 0.717) is 36.5 Å². The van der Waals surface area contributed by atoms with Gasteiger partial charge in [-0.1, -0.05) is 77.7 Å². The van der Waals surface area contributed by atoms with Gasteiger partial charge in [0.05, 0.1) is 42.1 Å². The third kappa shape index (κ3) is 8.28. The number of carbonyl (C=O) groups excluding carboxylic acids is 4. The van der Waals surface area contributed by atoms with Crippen molar-refractivity contribution in [1.29, 1.82) is 0 Å². The molecule has 1 aliphatic heterocycles. The molecule has 0 aromatic heterocycles. The molecule has 13 nitrogen and oxygen atoms in total. The molecule has 4 N–H and O–H groups in total. The van der Waals surface area contributed by atoms with Crippen molar-refractivity contribution in [3.05, 3.63) is 63.2 Å². The van der Waals surface area contributed by atoms with Crippen LogP contribution in [0.3, 0.4) is 0 Å². The van der Waals surface area contributed by atoms with E-state index in [-0.39, 0.29) is 39.8 Å². The molecule has 1 heterocycles. The van der Waals surface area contributed by atoms with E-state index < -0.39 is 102 Å². The zero-order valence-electron chi connectivity index (χ0n) is 40.9. The first kappa shape index (κ1) is 48.7. The van der Waals surface area contributed by atoms with Crippen LogP contribution in [0.4, 0.5) is 4.79 Å². The van der Waals surface area contributed by atoms with Gasteiger partial charge in [-0.3, -0.25) is 14.4 Å². The standard InChI is InChI=1S/C55H72O13/c1-28(2)10-8-11-29(3)36-16-17-37-33-15-14-31-24-32(20-22-53(31,5)38(33)21-23-54(36,37)6)67-52(62)65-27-42(57)55(63)25-35-45(41(26-55)68-43-19-18-39(56)30(4)66-43)51(61)47-46(49(35)59)48(58)34-12-9-13-40(64-7)44(34)50(47)60/h9,12-14,28-30,32-33,36-39,41,43,56,59,61,63H,8,10-11,15-27H2,1-7H3/t29?,30-,32?,33?,36?,37?,38?,39-,41-,43-,53?,54?,55-/m1/s1. The molecule has 9 rings (SSSR count). The number of phenolic OH excluding ortho intramolecular Hbond substituents is 2. The van der Waals surface area contributed by atoms with E-state index in [1.807, 2.05) is 0 Å². The van der Waals surface area contributed by atoms with Gasteiger partial charge in [-0.05, 0) is 111 Å². The molecule has 13 heteroatoms. The number of aliphatic hydroxyl groups is 2. The molecular formula is C55H72O13. The fourth-order valence-corrected chi connectivity index (χ4v) is 14.7. The molecule has 3 saturated carbocycles. The van der Waals surface area contributed by atoms with Crippen LogP contribution in [-0.2, 0) is 30.2 Å². The lowest BCUT2D eigenvalue weighted by Crippen LogP contribution is -2.51. The maximum Gasteiger partial charge on any atom is 0.508 e. The van der Waals surface area contributed by atoms with Gasteiger partial charge in [-0.2, -0.15) is 0 Å². The smallest absolute Gasteiger partial charge is 0.507 e. The minimum atomic E-state index is -2.34. The Balaban J connectivity index is 0.882. The normalized spacial score (nSPS) is 35.4. The highest BCUT2D eigenvalue weighted by Gasteiger charge is 2.59. The van der Waals surface area contributed by atoms with Crippen LogP contribution in [-0.4, -0.2) is 87.9 Å². The van der Waals surface area contributed by atoms with E-state index in [4.69, 9.17) is 23.7 Å². The van der Waals surface area contributed by atoms with Crippen LogP contribution >= 0.6 is 0 Å². The van der Waals surface area contributed by atoms with Gasteiger partial charge in [0.2, 0.25) is 11.6 Å². The largest absolute Gasteiger partial charge is 0.508 e. The molecule has 0 amide bonds. The van der Waals surface area contributed by atoms with Crippen molar-refractivity contribution in [3.63, 3.8) is 0 Å². The number of ketones is 3. The molecule has 0 spiro atoms. The second kappa shape index (κ2) is 18.5. The topological polar surface area (TPSA) is 195 Å². The third-order valence-corrected chi connectivity index (χ3v) is 18.4. The monoisotopic (exact) mass is 940 g/mol. The van der Waals surface area contributed by atoms with Crippen LogP contribution in [0.15, 0.2) is 29.8 Å². The molecule has 1 saturated heterocycles. The van der Waals surface area contributed by atoms with Crippen LogP contribution < -0.4 is 4.74 Å². The van der Waals surface area contributed by atoms with Crippen molar-refractivity contribution in [1.82, 2.24) is 0 Å². The van der Waals surface area contributed by atoms with Gasteiger partial charge in [0.1, 0.15) is 29.0 Å². The highest BCUT2D eigenvalue weighted by Crippen LogP contribution is 2.67. The van der Waals surface area contributed by atoms with Gasteiger partial charge < -0.3 is 44.1 Å². The number of ether oxygens (including phenoxy) is 5. The molecule has 4 fully saturated rings. The van der Waals surface area contributed by atoms with Gasteiger partial charge in [0.15, 0.2) is 18.7 Å². The molecule has 0 radical (unpaired) electrons. The average molecular weight is 941 g/mol. The Labute approximate surface area is 400 Å². The second-order valence-electron chi connectivity index (χ2n) is 22.6. The Bertz CT molecular complexity index is 2370. The first-order valence-corrected chi connectivity index (χ1v) is 25.4. The van der Waals surface area contributed by atoms with Crippen molar-refractivity contribution in [2.24, 2.45) is 46.3 Å². The summed E-state index contributed by atoms with van der Waals surface area (Å²) in [5.74, 6) is 0.592. The number of rotatable bonds is 12. The van der Waals surface area contributed by atoms with Crippen molar-refractivity contribution in [2.45, 2.75) is 174 Å². The maximum absolute atomic E-state index is 14.1. The number of aromatic hydroxyl groups is 2. The molecule has 68 heavy (non-hydrogen) atoms. The number of benzene rings is 2. The summed E-state index contributed by atoms with van der Waals surface area (Å²) < 4.78 is 28.9. The molecular weight excluding hydrogens is 869 g/mol. The Hall–Kier alpha value is -4.30. The van der Waals surface area contributed by atoms with Crippen molar-refractivity contribution < 1.29 is 63.3 Å². The number of fused-ring (bicyclic) bond motifs is 8. The average Bonchev–Trinajstić information content (AvgIpc) is 3.66. The van der Waals surface area contributed by atoms with E-state index in [1.165, 1.54) is 75.8 Å². The van der Waals surface area contributed by atoms with Crippen LogP contribution in [0.25, 0.3) is 0 Å². The lowest BCUT2D eigenvalue weighted by molar-refractivity contribution is -0.243. The van der Waals surface area contributed by atoms with Gasteiger partial charge in [-0.15, -0.1) is 0 Å². The van der Waals surface area contributed by atoms with Gasteiger partial charge in [0, 0.05) is 42.4 Å². The summed E-state index contributed by atoms with van der Waals surface area (Å²) >= 11 is 0. The zero-order chi connectivity index (χ0) is 48.6. The molecule has 13 atom stereocenters. The lowest BCUT2D eigenvalue weighted by atomic mass is 9.47. The van der Waals surface area contributed by atoms with Crippen LogP contribution in [0, 0.1) is 46.3 Å². The van der Waals surface area contributed by atoms with E-state index >= 15 is 0 Å². The predicted molar refractivity (Wildman–Crippen MR) is 251 cm³/mol. The summed E-state index contributed by atoms with van der Waals surface area (Å²) in [5.41, 5.74) is -1.90. The maximum atomic E-state index is 14.1. The van der Waals surface area contributed by atoms with Gasteiger partial charge >= 0.3 is 6.16 Å². The minimum Gasteiger partial charge on any atom is -0.507 e. The number of phenols is 2. The van der Waals surface area contributed by atoms with Crippen molar-refractivity contribution in [2.75, 3.05) is 13.7 Å².